The van der Waals surface area contributed by atoms with Crippen molar-refractivity contribution in [2.45, 2.75) is 46.3 Å². The van der Waals surface area contributed by atoms with Gasteiger partial charge in [-0.3, -0.25) is 0 Å². The lowest BCUT2D eigenvalue weighted by Gasteiger charge is -2.17. The number of hydrogen-bond acceptors (Lipinski definition) is 3. The first-order chi connectivity index (χ1) is 9.24. The summed E-state index contributed by atoms with van der Waals surface area (Å²) in [6, 6.07) is 9.08. The molecule has 2 rings (SSSR count). The number of nitrogens with one attached hydrogen (secondary N) is 1. The van der Waals surface area contributed by atoms with Crippen LogP contribution in [0, 0.1) is 6.92 Å². The fourth-order valence-corrected chi connectivity index (χ4v) is 2.19. The van der Waals surface area contributed by atoms with Gasteiger partial charge in [0.15, 0.2) is 0 Å². The van der Waals surface area contributed by atoms with Crippen molar-refractivity contribution >= 4 is 0 Å². The van der Waals surface area contributed by atoms with E-state index in [4.69, 9.17) is 0 Å². The van der Waals surface area contributed by atoms with Crippen LogP contribution in [0.5, 0.6) is 0 Å². The molecule has 0 aliphatic carbocycles. The zero-order valence-corrected chi connectivity index (χ0v) is 11.9. The lowest BCUT2D eigenvalue weighted by Crippen LogP contribution is -2.22. The average molecular weight is 258 g/mol. The maximum atomic E-state index is 4.15. The third kappa shape index (κ3) is 3.41. The summed E-state index contributed by atoms with van der Waals surface area (Å²) in [5.41, 5.74) is 2.62. The molecule has 0 aliphatic heterocycles. The van der Waals surface area contributed by atoms with E-state index in [2.05, 4.69) is 65.1 Å². The van der Waals surface area contributed by atoms with Gasteiger partial charge in [-0.05, 0) is 25.8 Å². The molecule has 4 heteroatoms. The second-order valence-corrected chi connectivity index (χ2v) is 4.79. The summed E-state index contributed by atoms with van der Waals surface area (Å²) in [6.45, 7) is 8.07. The van der Waals surface area contributed by atoms with Gasteiger partial charge in [-0.25, -0.2) is 0 Å². The minimum absolute atomic E-state index is 0.364. The van der Waals surface area contributed by atoms with Crippen molar-refractivity contribution in [2.75, 3.05) is 0 Å². The van der Waals surface area contributed by atoms with Crippen LogP contribution in [-0.2, 0) is 13.1 Å². The van der Waals surface area contributed by atoms with Gasteiger partial charge in [0.05, 0.1) is 6.54 Å². The van der Waals surface area contributed by atoms with Gasteiger partial charge in [0.25, 0.3) is 0 Å². The second kappa shape index (κ2) is 6.48. The number of benzene rings is 1. The molecule has 19 heavy (non-hydrogen) atoms. The van der Waals surface area contributed by atoms with Gasteiger partial charge in [-0.1, -0.05) is 36.8 Å². The fourth-order valence-electron chi connectivity index (χ4n) is 2.19. The second-order valence-electron chi connectivity index (χ2n) is 4.79. The standard InChI is InChI=1S/C15H22N4/c1-4-14(13-8-6-12(3)7-9-13)16-10-15-18-17-11-19(15)5-2/h6-9,11,14,16H,4-5,10H2,1-3H3. The Morgan fingerprint density at radius 2 is 1.95 bits per heavy atom. The van der Waals surface area contributed by atoms with E-state index in [1.807, 2.05) is 0 Å². The van der Waals surface area contributed by atoms with Crippen LogP contribution in [0.15, 0.2) is 30.6 Å². The first-order valence-electron chi connectivity index (χ1n) is 6.91. The highest BCUT2D eigenvalue weighted by atomic mass is 15.3. The largest absolute Gasteiger partial charge is 0.317 e. The topological polar surface area (TPSA) is 42.7 Å². The van der Waals surface area contributed by atoms with E-state index in [1.54, 1.807) is 6.33 Å². The molecule has 1 aromatic carbocycles. The van der Waals surface area contributed by atoms with E-state index in [1.165, 1.54) is 11.1 Å². The molecule has 102 valence electrons. The van der Waals surface area contributed by atoms with Crippen molar-refractivity contribution in [3.8, 4) is 0 Å². The van der Waals surface area contributed by atoms with Crippen molar-refractivity contribution in [3.63, 3.8) is 0 Å². The molecule has 0 saturated heterocycles. The lowest BCUT2D eigenvalue weighted by atomic mass is 10.0. The Kier molecular flexibility index (Phi) is 4.68. The van der Waals surface area contributed by atoms with Crippen LogP contribution in [0.25, 0.3) is 0 Å². The molecule has 0 aliphatic rings. The fraction of sp³-hybridized carbons (Fsp3) is 0.467. The lowest BCUT2D eigenvalue weighted by molar-refractivity contribution is 0.496. The zero-order chi connectivity index (χ0) is 13.7. The first kappa shape index (κ1) is 13.7. The van der Waals surface area contributed by atoms with Gasteiger partial charge in [-0.15, -0.1) is 10.2 Å². The molecule has 0 radical (unpaired) electrons. The minimum Gasteiger partial charge on any atom is -0.317 e. The SMILES string of the molecule is CCC(NCc1nncn1CC)c1ccc(C)cc1. The Labute approximate surface area is 114 Å². The van der Waals surface area contributed by atoms with Gasteiger partial charge in [0.2, 0.25) is 0 Å². The van der Waals surface area contributed by atoms with E-state index in [0.717, 1.165) is 25.3 Å². The highest BCUT2D eigenvalue weighted by molar-refractivity contribution is 5.24. The molecule has 1 aromatic heterocycles. The van der Waals surface area contributed by atoms with E-state index < -0.39 is 0 Å². The Morgan fingerprint density at radius 3 is 2.58 bits per heavy atom. The third-order valence-corrected chi connectivity index (χ3v) is 3.43. The molecule has 1 atom stereocenters. The van der Waals surface area contributed by atoms with Crippen LogP contribution in [0.2, 0.25) is 0 Å². The monoisotopic (exact) mass is 258 g/mol. The van der Waals surface area contributed by atoms with Crippen LogP contribution in [0.4, 0.5) is 0 Å². The number of rotatable bonds is 6. The summed E-state index contributed by atoms with van der Waals surface area (Å²) in [5, 5.41) is 11.7. The summed E-state index contributed by atoms with van der Waals surface area (Å²) in [6.07, 6.45) is 2.84. The highest BCUT2D eigenvalue weighted by Gasteiger charge is 2.10. The minimum atomic E-state index is 0.364. The van der Waals surface area contributed by atoms with Crippen molar-refractivity contribution in [3.05, 3.63) is 47.5 Å². The summed E-state index contributed by atoms with van der Waals surface area (Å²) < 4.78 is 2.06. The van der Waals surface area contributed by atoms with Gasteiger partial charge in [0.1, 0.15) is 12.2 Å². The van der Waals surface area contributed by atoms with Crippen LogP contribution >= 0.6 is 0 Å². The summed E-state index contributed by atoms with van der Waals surface area (Å²) in [4.78, 5) is 0. The van der Waals surface area contributed by atoms with Crippen molar-refractivity contribution in [1.82, 2.24) is 20.1 Å². The number of hydrogen-bond donors (Lipinski definition) is 1. The van der Waals surface area contributed by atoms with Gasteiger partial charge in [0, 0.05) is 12.6 Å². The molecular formula is C15H22N4. The third-order valence-electron chi connectivity index (χ3n) is 3.43. The molecular weight excluding hydrogens is 236 g/mol. The molecule has 0 fully saturated rings. The molecule has 2 aromatic rings. The predicted molar refractivity (Wildman–Crippen MR) is 76.7 cm³/mol. The van der Waals surface area contributed by atoms with E-state index in [9.17, 15) is 0 Å². The van der Waals surface area contributed by atoms with E-state index >= 15 is 0 Å². The Hall–Kier alpha value is -1.68. The van der Waals surface area contributed by atoms with Crippen LogP contribution in [-0.4, -0.2) is 14.8 Å². The molecule has 0 amide bonds. The van der Waals surface area contributed by atoms with Gasteiger partial charge >= 0.3 is 0 Å². The Balaban J connectivity index is 2.01. The van der Waals surface area contributed by atoms with Crippen LogP contribution in [0.1, 0.15) is 43.3 Å². The Morgan fingerprint density at radius 1 is 1.21 bits per heavy atom. The normalized spacial score (nSPS) is 12.6. The summed E-state index contributed by atoms with van der Waals surface area (Å²) >= 11 is 0. The molecule has 0 spiro atoms. The number of aryl methyl sites for hydroxylation is 2. The maximum Gasteiger partial charge on any atom is 0.146 e. The number of nitrogens with zero attached hydrogens (tertiary/aromatic N) is 3. The maximum absolute atomic E-state index is 4.15. The predicted octanol–water partition coefficient (Wildman–Crippen LogP) is 2.85. The number of aromatic nitrogens is 3. The highest BCUT2D eigenvalue weighted by Crippen LogP contribution is 2.17. The van der Waals surface area contributed by atoms with E-state index in [0.29, 0.717) is 6.04 Å². The van der Waals surface area contributed by atoms with Crippen LogP contribution < -0.4 is 5.32 Å². The smallest absolute Gasteiger partial charge is 0.146 e. The van der Waals surface area contributed by atoms with Crippen molar-refractivity contribution in [2.24, 2.45) is 0 Å². The van der Waals surface area contributed by atoms with Crippen molar-refractivity contribution < 1.29 is 0 Å². The average Bonchev–Trinajstić information content (AvgIpc) is 2.89. The molecule has 1 N–H and O–H groups in total. The van der Waals surface area contributed by atoms with Gasteiger partial charge in [-0.2, -0.15) is 0 Å². The molecule has 0 bridgehead atoms. The molecule has 4 nitrogen and oxygen atoms in total. The Bertz CT molecular complexity index is 501. The van der Waals surface area contributed by atoms with Crippen molar-refractivity contribution in [1.29, 1.82) is 0 Å². The summed E-state index contributed by atoms with van der Waals surface area (Å²) in [5.74, 6) is 0.994. The summed E-state index contributed by atoms with van der Waals surface area (Å²) in [7, 11) is 0. The van der Waals surface area contributed by atoms with Crippen LogP contribution in [0.3, 0.4) is 0 Å². The zero-order valence-electron chi connectivity index (χ0n) is 11.9. The van der Waals surface area contributed by atoms with E-state index in [-0.39, 0.29) is 0 Å². The molecule has 1 heterocycles. The quantitative estimate of drug-likeness (QED) is 0.866. The van der Waals surface area contributed by atoms with Gasteiger partial charge < -0.3 is 9.88 Å². The molecule has 1 unspecified atom stereocenters. The molecule has 0 saturated carbocycles. The first-order valence-corrected chi connectivity index (χ1v) is 6.91.